The molecular formula is C15H12Cl3NOS. The van der Waals surface area contributed by atoms with E-state index in [9.17, 15) is 4.79 Å². The molecule has 0 unspecified atom stereocenters. The van der Waals surface area contributed by atoms with Crippen molar-refractivity contribution in [3.63, 3.8) is 0 Å². The average Bonchev–Trinajstić information content (AvgIpc) is 2.44. The standard InChI is InChI=1S/C15H12Cl3NOS/c16-11-6-12(17)15(13(18)7-11)19-14(20)9-21-8-10-4-2-1-3-5-10/h1-7H,8-9H2,(H,19,20). The lowest BCUT2D eigenvalue weighted by atomic mass is 10.2. The van der Waals surface area contributed by atoms with Crippen LogP contribution in [-0.2, 0) is 10.5 Å². The maximum absolute atomic E-state index is 11.9. The summed E-state index contributed by atoms with van der Waals surface area (Å²) in [5, 5.41) is 3.80. The lowest BCUT2D eigenvalue weighted by molar-refractivity contribution is -0.113. The molecule has 6 heteroatoms. The highest BCUT2D eigenvalue weighted by Gasteiger charge is 2.11. The highest BCUT2D eigenvalue weighted by atomic mass is 35.5. The zero-order chi connectivity index (χ0) is 15.2. The highest BCUT2D eigenvalue weighted by Crippen LogP contribution is 2.33. The van der Waals surface area contributed by atoms with Gasteiger partial charge in [0.2, 0.25) is 5.91 Å². The number of halogens is 3. The van der Waals surface area contributed by atoms with Gasteiger partial charge < -0.3 is 5.32 Å². The van der Waals surface area contributed by atoms with Gasteiger partial charge in [-0.3, -0.25) is 4.79 Å². The van der Waals surface area contributed by atoms with Crippen LogP contribution in [0.3, 0.4) is 0 Å². The number of amides is 1. The van der Waals surface area contributed by atoms with Crippen molar-refractivity contribution in [1.82, 2.24) is 0 Å². The minimum Gasteiger partial charge on any atom is -0.323 e. The summed E-state index contributed by atoms with van der Waals surface area (Å²) >= 11 is 19.4. The monoisotopic (exact) mass is 359 g/mol. The Kier molecular flexibility index (Phi) is 6.24. The zero-order valence-corrected chi connectivity index (χ0v) is 14.0. The van der Waals surface area contributed by atoms with E-state index >= 15 is 0 Å². The fourth-order valence-corrected chi connectivity index (χ4v) is 3.37. The van der Waals surface area contributed by atoms with E-state index in [-0.39, 0.29) is 5.91 Å². The Morgan fingerprint density at radius 1 is 1.05 bits per heavy atom. The summed E-state index contributed by atoms with van der Waals surface area (Å²) < 4.78 is 0. The van der Waals surface area contributed by atoms with E-state index < -0.39 is 0 Å². The molecule has 0 aliphatic carbocycles. The van der Waals surface area contributed by atoms with Gasteiger partial charge in [-0.25, -0.2) is 0 Å². The molecule has 0 aliphatic heterocycles. The fraction of sp³-hybridized carbons (Fsp3) is 0.133. The Balaban J connectivity index is 1.88. The largest absolute Gasteiger partial charge is 0.323 e. The zero-order valence-electron chi connectivity index (χ0n) is 10.9. The molecule has 2 aromatic rings. The van der Waals surface area contributed by atoms with Crippen molar-refractivity contribution in [2.45, 2.75) is 5.75 Å². The van der Waals surface area contributed by atoms with Crippen molar-refractivity contribution < 1.29 is 4.79 Å². The number of nitrogens with one attached hydrogen (secondary N) is 1. The van der Waals surface area contributed by atoms with Crippen LogP contribution in [0.2, 0.25) is 15.1 Å². The van der Waals surface area contributed by atoms with Gasteiger partial charge in [-0.2, -0.15) is 0 Å². The number of anilines is 1. The van der Waals surface area contributed by atoms with Crippen LogP contribution >= 0.6 is 46.6 Å². The van der Waals surface area contributed by atoms with E-state index in [4.69, 9.17) is 34.8 Å². The minimum atomic E-state index is -0.151. The van der Waals surface area contributed by atoms with Crippen LogP contribution in [0.5, 0.6) is 0 Å². The van der Waals surface area contributed by atoms with E-state index in [1.54, 1.807) is 12.1 Å². The van der Waals surface area contributed by atoms with Crippen molar-refractivity contribution in [3.8, 4) is 0 Å². The Labute approximate surface area is 142 Å². The molecular weight excluding hydrogens is 349 g/mol. The van der Waals surface area contributed by atoms with E-state index in [1.807, 2.05) is 30.3 Å². The van der Waals surface area contributed by atoms with Crippen molar-refractivity contribution >= 4 is 58.2 Å². The fourth-order valence-electron chi connectivity index (χ4n) is 1.67. The van der Waals surface area contributed by atoms with Gasteiger partial charge in [0, 0.05) is 10.8 Å². The molecule has 21 heavy (non-hydrogen) atoms. The van der Waals surface area contributed by atoms with Gasteiger partial charge in [0.15, 0.2) is 0 Å². The van der Waals surface area contributed by atoms with Crippen LogP contribution in [0.15, 0.2) is 42.5 Å². The van der Waals surface area contributed by atoms with Crippen LogP contribution in [0, 0.1) is 0 Å². The molecule has 0 bridgehead atoms. The molecule has 110 valence electrons. The first kappa shape index (κ1) is 16.5. The molecule has 2 nitrogen and oxygen atoms in total. The van der Waals surface area contributed by atoms with Gasteiger partial charge in [0.25, 0.3) is 0 Å². The van der Waals surface area contributed by atoms with Crippen LogP contribution in [0.1, 0.15) is 5.56 Å². The van der Waals surface area contributed by atoms with Gasteiger partial charge in [-0.1, -0.05) is 65.1 Å². The number of thioether (sulfide) groups is 1. The van der Waals surface area contributed by atoms with Crippen LogP contribution in [-0.4, -0.2) is 11.7 Å². The molecule has 2 rings (SSSR count). The van der Waals surface area contributed by atoms with Gasteiger partial charge in [0.05, 0.1) is 21.5 Å². The molecule has 0 aromatic heterocycles. The minimum absolute atomic E-state index is 0.151. The Hall–Kier alpha value is -0.870. The second-order valence-electron chi connectivity index (χ2n) is 4.27. The quantitative estimate of drug-likeness (QED) is 0.760. The number of carbonyl (C=O) groups is 1. The van der Waals surface area contributed by atoms with E-state index in [0.717, 1.165) is 5.75 Å². The van der Waals surface area contributed by atoms with Gasteiger partial charge in [0.1, 0.15) is 0 Å². The Morgan fingerprint density at radius 3 is 2.29 bits per heavy atom. The van der Waals surface area contributed by atoms with Crippen molar-refractivity contribution in [2.24, 2.45) is 0 Å². The summed E-state index contributed by atoms with van der Waals surface area (Å²) in [5.74, 6) is 0.947. The third kappa shape index (κ3) is 5.11. The predicted molar refractivity (Wildman–Crippen MR) is 92.7 cm³/mol. The smallest absolute Gasteiger partial charge is 0.234 e. The van der Waals surface area contributed by atoms with Crippen molar-refractivity contribution in [3.05, 3.63) is 63.1 Å². The molecule has 0 fully saturated rings. The van der Waals surface area contributed by atoms with Crippen molar-refractivity contribution in [2.75, 3.05) is 11.1 Å². The predicted octanol–water partition coefficient (Wildman–Crippen LogP) is 5.52. The molecule has 0 aliphatic rings. The lowest BCUT2D eigenvalue weighted by Crippen LogP contribution is -2.14. The van der Waals surface area contributed by atoms with Crippen molar-refractivity contribution in [1.29, 1.82) is 0 Å². The van der Waals surface area contributed by atoms with Crippen LogP contribution < -0.4 is 5.32 Å². The average molecular weight is 361 g/mol. The molecule has 0 radical (unpaired) electrons. The van der Waals surface area contributed by atoms with Gasteiger partial charge in [-0.05, 0) is 17.7 Å². The third-order valence-corrected chi connectivity index (χ3v) is 4.43. The molecule has 2 aromatic carbocycles. The molecule has 0 spiro atoms. The third-order valence-electron chi connectivity index (χ3n) is 2.62. The normalized spacial score (nSPS) is 10.4. The van der Waals surface area contributed by atoms with Crippen LogP contribution in [0.4, 0.5) is 5.69 Å². The summed E-state index contributed by atoms with van der Waals surface area (Å²) in [6, 6.07) is 13.1. The maximum Gasteiger partial charge on any atom is 0.234 e. The summed E-state index contributed by atoms with van der Waals surface area (Å²) in [6.07, 6.45) is 0. The first-order valence-electron chi connectivity index (χ1n) is 6.12. The number of hydrogen-bond donors (Lipinski definition) is 1. The number of rotatable bonds is 5. The molecule has 0 saturated carbocycles. The Morgan fingerprint density at radius 2 is 1.67 bits per heavy atom. The van der Waals surface area contributed by atoms with E-state index in [0.29, 0.717) is 26.5 Å². The van der Waals surface area contributed by atoms with E-state index in [2.05, 4.69) is 5.32 Å². The van der Waals surface area contributed by atoms with E-state index in [1.165, 1.54) is 17.3 Å². The number of benzene rings is 2. The second kappa shape index (κ2) is 7.95. The second-order valence-corrected chi connectivity index (χ2v) is 6.51. The van der Waals surface area contributed by atoms with Crippen LogP contribution in [0.25, 0.3) is 0 Å². The molecule has 0 atom stereocenters. The number of carbonyl (C=O) groups excluding carboxylic acids is 1. The maximum atomic E-state index is 11.9. The Bertz CT molecular complexity index is 611. The molecule has 1 amide bonds. The molecule has 1 N–H and O–H groups in total. The summed E-state index contributed by atoms with van der Waals surface area (Å²) in [5.41, 5.74) is 1.57. The lowest BCUT2D eigenvalue weighted by Gasteiger charge is -2.09. The highest BCUT2D eigenvalue weighted by molar-refractivity contribution is 7.99. The topological polar surface area (TPSA) is 29.1 Å². The van der Waals surface area contributed by atoms with Gasteiger partial charge in [-0.15, -0.1) is 11.8 Å². The summed E-state index contributed by atoms with van der Waals surface area (Å²) in [6.45, 7) is 0. The first-order valence-corrected chi connectivity index (χ1v) is 8.41. The SMILES string of the molecule is O=C(CSCc1ccccc1)Nc1c(Cl)cc(Cl)cc1Cl. The van der Waals surface area contributed by atoms with Gasteiger partial charge >= 0.3 is 0 Å². The summed E-state index contributed by atoms with van der Waals surface area (Å²) in [4.78, 5) is 11.9. The first-order chi connectivity index (χ1) is 10.1. The molecule has 0 heterocycles. The number of hydrogen-bond acceptors (Lipinski definition) is 2. The molecule has 0 saturated heterocycles. The summed E-state index contributed by atoms with van der Waals surface area (Å²) in [7, 11) is 0.